The van der Waals surface area contributed by atoms with E-state index < -0.39 is 15.8 Å². The largest absolute Gasteiger partial charge is 0.481 e. The summed E-state index contributed by atoms with van der Waals surface area (Å²) >= 11 is 0. The zero-order valence-corrected chi connectivity index (χ0v) is 11.0. The van der Waals surface area contributed by atoms with Crippen molar-refractivity contribution in [2.75, 3.05) is 0 Å². The molecule has 1 aromatic heterocycles. The molecule has 1 N–H and O–H groups in total. The monoisotopic (exact) mass is 294 g/mol. The van der Waals surface area contributed by atoms with Crippen molar-refractivity contribution >= 4 is 22.1 Å². The van der Waals surface area contributed by atoms with Crippen molar-refractivity contribution in [3.8, 4) is 0 Å². The van der Waals surface area contributed by atoms with Gasteiger partial charge in [0.05, 0.1) is 11.3 Å². The summed E-state index contributed by atoms with van der Waals surface area (Å²) in [5, 5.41) is 8.31. The Kier molecular flexibility index (Phi) is 3.71. The van der Waals surface area contributed by atoms with Crippen LogP contribution in [0.4, 0.5) is 0 Å². The number of hydrogen-bond donors (Lipinski definition) is 1. The summed E-state index contributed by atoms with van der Waals surface area (Å²) in [6, 6.07) is 7.91. The molecule has 7 heteroatoms. The van der Waals surface area contributed by atoms with Crippen molar-refractivity contribution in [3.63, 3.8) is 0 Å². The summed E-state index contributed by atoms with van der Waals surface area (Å²) in [6.07, 6.45) is 0.228. The fourth-order valence-corrected chi connectivity index (χ4v) is 2.80. The van der Waals surface area contributed by atoms with Gasteiger partial charge in [0, 0.05) is 0 Å². The Bertz CT molecular complexity index is 739. The molecule has 2 aromatic rings. The third kappa shape index (κ3) is 2.77. The molecule has 0 unspecified atom stereocenters. The first-order chi connectivity index (χ1) is 9.43. The number of carboxylic acids is 1. The molecule has 0 aliphatic heterocycles. The van der Waals surface area contributed by atoms with Gasteiger partial charge in [-0.05, 0) is 29.8 Å². The zero-order valence-electron chi connectivity index (χ0n) is 10.1. The summed E-state index contributed by atoms with van der Waals surface area (Å²) < 4.78 is 29.2. The van der Waals surface area contributed by atoms with Crippen LogP contribution in [-0.4, -0.2) is 25.8 Å². The van der Waals surface area contributed by atoms with Crippen LogP contribution < -0.4 is 0 Å². The van der Waals surface area contributed by atoms with Gasteiger partial charge in [0.2, 0.25) is 14.9 Å². The third-order valence-electron chi connectivity index (χ3n) is 2.57. The number of sulfone groups is 1. The van der Waals surface area contributed by atoms with Crippen molar-refractivity contribution in [1.82, 2.24) is 0 Å². The lowest BCUT2D eigenvalue weighted by Crippen LogP contribution is -2.03. The first-order valence-corrected chi connectivity index (χ1v) is 7.02. The zero-order chi connectivity index (χ0) is 14.8. The molecular formula is C13H10O6S. The minimum Gasteiger partial charge on any atom is -0.481 e. The van der Waals surface area contributed by atoms with Crippen molar-refractivity contribution in [2.24, 2.45) is 0 Å². The molecule has 1 aromatic carbocycles. The summed E-state index contributed by atoms with van der Waals surface area (Å²) in [4.78, 5) is 21.0. The van der Waals surface area contributed by atoms with E-state index >= 15 is 0 Å². The van der Waals surface area contributed by atoms with E-state index in [4.69, 9.17) is 9.52 Å². The van der Waals surface area contributed by atoms with Gasteiger partial charge in [-0.3, -0.25) is 9.59 Å². The Labute approximate surface area is 114 Å². The second-order valence-corrected chi connectivity index (χ2v) is 5.87. The summed E-state index contributed by atoms with van der Waals surface area (Å²) in [5.74, 6) is -1.08. The molecule has 0 radical (unpaired) electrons. The van der Waals surface area contributed by atoms with Gasteiger partial charge < -0.3 is 9.52 Å². The maximum Gasteiger partial charge on any atom is 0.307 e. The summed E-state index contributed by atoms with van der Waals surface area (Å²) in [6.45, 7) is 0. The van der Waals surface area contributed by atoms with Crippen molar-refractivity contribution < 1.29 is 27.5 Å². The lowest BCUT2D eigenvalue weighted by atomic mass is 10.2. The Hall–Kier alpha value is -2.41. The molecule has 0 atom stereocenters. The smallest absolute Gasteiger partial charge is 0.307 e. The third-order valence-corrected chi connectivity index (χ3v) is 4.21. The molecule has 104 valence electrons. The van der Waals surface area contributed by atoms with E-state index in [1.807, 2.05) is 0 Å². The molecule has 20 heavy (non-hydrogen) atoms. The van der Waals surface area contributed by atoms with Gasteiger partial charge in [0.1, 0.15) is 0 Å². The molecular weight excluding hydrogens is 284 g/mol. The molecule has 0 amide bonds. The van der Waals surface area contributed by atoms with E-state index in [1.54, 1.807) is 0 Å². The van der Waals surface area contributed by atoms with Crippen molar-refractivity contribution in [2.45, 2.75) is 16.4 Å². The lowest BCUT2D eigenvalue weighted by Gasteiger charge is -2.02. The van der Waals surface area contributed by atoms with Gasteiger partial charge in [-0.1, -0.05) is 12.1 Å². The number of furan rings is 1. The van der Waals surface area contributed by atoms with Gasteiger partial charge in [0.25, 0.3) is 0 Å². The van der Waals surface area contributed by atoms with E-state index in [0.29, 0.717) is 11.8 Å². The maximum absolute atomic E-state index is 12.2. The van der Waals surface area contributed by atoms with Crippen LogP contribution in [0.1, 0.15) is 16.1 Å². The average molecular weight is 294 g/mol. The predicted molar refractivity (Wildman–Crippen MR) is 67.3 cm³/mol. The minimum absolute atomic E-state index is 0.0292. The van der Waals surface area contributed by atoms with Gasteiger partial charge >= 0.3 is 5.97 Å². The maximum atomic E-state index is 12.2. The Morgan fingerprint density at radius 1 is 1.15 bits per heavy atom. The normalized spacial score (nSPS) is 11.2. The van der Waals surface area contributed by atoms with E-state index in [-0.39, 0.29) is 22.2 Å². The van der Waals surface area contributed by atoms with Crippen LogP contribution in [0.2, 0.25) is 0 Å². The number of carbonyl (C=O) groups excluding carboxylic acids is 1. The summed E-state index contributed by atoms with van der Waals surface area (Å²) in [5.41, 5.74) is 0.490. The SMILES string of the molecule is O=Cc1ccc(S(=O)(=O)c2ccc(CC(=O)O)cc2)o1. The molecule has 0 spiro atoms. The van der Waals surface area contributed by atoms with Crippen LogP contribution in [0.5, 0.6) is 0 Å². The second kappa shape index (κ2) is 5.30. The number of aliphatic carboxylic acids is 1. The number of carbonyl (C=O) groups is 2. The summed E-state index contributed by atoms with van der Waals surface area (Å²) in [7, 11) is -3.85. The number of carboxylic acid groups (broad SMARTS) is 1. The fourth-order valence-electron chi connectivity index (χ4n) is 1.62. The highest BCUT2D eigenvalue weighted by Gasteiger charge is 2.21. The minimum atomic E-state index is -3.85. The van der Waals surface area contributed by atoms with Crippen molar-refractivity contribution in [1.29, 1.82) is 0 Å². The van der Waals surface area contributed by atoms with Gasteiger partial charge in [-0.25, -0.2) is 8.42 Å². The first-order valence-electron chi connectivity index (χ1n) is 5.54. The second-order valence-electron chi connectivity index (χ2n) is 3.99. The van der Waals surface area contributed by atoms with E-state index in [9.17, 15) is 18.0 Å². The molecule has 0 saturated heterocycles. The standard InChI is InChI=1S/C13H10O6S/c14-8-10-3-6-13(19-10)20(17,18)11-4-1-9(2-5-11)7-12(15)16/h1-6,8H,7H2,(H,15,16). The average Bonchev–Trinajstić information content (AvgIpc) is 2.88. The van der Waals surface area contributed by atoms with Crippen LogP contribution in [0.15, 0.2) is 50.8 Å². The molecule has 0 saturated carbocycles. The number of hydrogen-bond acceptors (Lipinski definition) is 5. The number of benzene rings is 1. The highest BCUT2D eigenvalue weighted by molar-refractivity contribution is 7.91. The number of aldehydes is 1. The highest BCUT2D eigenvalue weighted by Crippen LogP contribution is 2.22. The molecule has 0 aliphatic rings. The van der Waals surface area contributed by atoms with Crippen LogP contribution in [0.25, 0.3) is 0 Å². The fraction of sp³-hybridized carbons (Fsp3) is 0.0769. The Morgan fingerprint density at radius 2 is 1.80 bits per heavy atom. The van der Waals surface area contributed by atoms with Crippen molar-refractivity contribution in [3.05, 3.63) is 47.7 Å². The lowest BCUT2D eigenvalue weighted by molar-refractivity contribution is -0.136. The Morgan fingerprint density at radius 3 is 2.30 bits per heavy atom. The van der Waals surface area contributed by atoms with Crippen LogP contribution in [-0.2, 0) is 21.1 Å². The number of rotatable bonds is 5. The topological polar surface area (TPSA) is 102 Å². The van der Waals surface area contributed by atoms with Gasteiger partial charge in [0.15, 0.2) is 12.0 Å². The van der Waals surface area contributed by atoms with E-state index in [1.165, 1.54) is 36.4 Å². The van der Waals surface area contributed by atoms with Crippen LogP contribution >= 0.6 is 0 Å². The Balaban J connectivity index is 2.34. The molecule has 1 heterocycles. The van der Waals surface area contributed by atoms with Gasteiger partial charge in [-0.2, -0.15) is 0 Å². The van der Waals surface area contributed by atoms with Crippen LogP contribution in [0.3, 0.4) is 0 Å². The van der Waals surface area contributed by atoms with E-state index in [2.05, 4.69) is 0 Å². The predicted octanol–water partition coefficient (Wildman–Crippen LogP) is 1.55. The van der Waals surface area contributed by atoms with Crippen LogP contribution in [0, 0.1) is 0 Å². The quantitative estimate of drug-likeness (QED) is 0.839. The molecule has 2 rings (SSSR count). The van der Waals surface area contributed by atoms with E-state index in [0.717, 1.165) is 0 Å². The van der Waals surface area contributed by atoms with Gasteiger partial charge in [-0.15, -0.1) is 0 Å². The molecule has 0 aliphatic carbocycles. The highest BCUT2D eigenvalue weighted by atomic mass is 32.2. The molecule has 6 nitrogen and oxygen atoms in total. The first kappa shape index (κ1) is 14.0. The molecule has 0 bridgehead atoms. The molecule has 0 fully saturated rings.